The third kappa shape index (κ3) is 5.53. The summed E-state index contributed by atoms with van der Waals surface area (Å²) >= 11 is 0. The molecule has 0 spiro atoms. The van der Waals surface area contributed by atoms with Crippen molar-refractivity contribution < 1.29 is 4.79 Å². The molecule has 0 saturated heterocycles. The number of hydrogen-bond acceptors (Lipinski definition) is 2. The van der Waals surface area contributed by atoms with Gasteiger partial charge in [0, 0.05) is 6.54 Å². The van der Waals surface area contributed by atoms with Crippen LogP contribution < -0.4 is 10.6 Å². The zero-order valence-corrected chi connectivity index (χ0v) is 10.8. The van der Waals surface area contributed by atoms with E-state index in [1.54, 1.807) is 0 Å². The van der Waals surface area contributed by atoms with Crippen LogP contribution in [-0.4, -0.2) is 25.5 Å². The minimum absolute atomic E-state index is 0.168. The molecule has 0 aliphatic heterocycles. The normalized spacial score (nSPS) is 21.4. The molecule has 2 aliphatic carbocycles. The van der Waals surface area contributed by atoms with Gasteiger partial charge in [-0.2, -0.15) is 0 Å². The summed E-state index contributed by atoms with van der Waals surface area (Å²) in [6.07, 6.45) is 10.8. The van der Waals surface area contributed by atoms with Crippen molar-refractivity contribution in [1.29, 1.82) is 0 Å². The topological polar surface area (TPSA) is 41.1 Å². The molecule has 0 atom stereocenters. The average Bonchev–Trinajstić information content (AvgIpc) is 3.14. The summed E-state index contributed by atoms with van der Waals surface area (Å²) in [5, 5.41) is 6.25. The first-order valence-corrected chi connectivity index (χ1v) is 7.32. The van der Waals surface area contributed by atoms with Crippen LogP contribution in [-0.2, 0) is 4.79 Å². The fraction of sp³-hybridized carbons (Fsp3) is 0.929. The summed E-state index contributed by atoms with van der Waals surface area (Å²) in [6, 6.07) is 0. The van der Waals surface area contributed by atoms with Crippen molar-refractivity contribution in [3.8, 4) is 0 Å². The van der Waals surface area contributed by atoms with Crippen LogP contribution in [0.4, 0.5) is 0 Å². The van der Waals surface area contributed by atoms with E-state index in [0.29, 0.717) is 6.54 Å². The Bertz CT molecular complexity index is 232. The Hall–Kier alpha value is -0.570. The predicted octanol–water partition coefficient (Wildman–Crippen LogP) is 2.07. The van der Waals surface area contributed by atoms with E-state index in [-0.39, 0.29) is 5.91 Å². The van der Waals surface area contributed by atoms with E-state index in [0.717, 1.165) is 24.9 Å². The smallest absolute Gasteiger partial charge is 0.233 e. The Morgan fingerprint density at radius 1 is 1.00 bits per heavy atom. The molecule has 98 valence electrons. The van der Waals surface area contributed by atoms with Crippen LogP contribution in [0.3, 0.4) is 0 Å². The molecule has 0 aromatic rings. The first-order valence-electron chi connectivity index (χ1n) is 7.32. The van der Waals surface area contributed by atoms with Gasteiger partial charge in [-0.15, -0.1) is 0 Å². The largest absolute Gasteiger partial charge is 0.355 e. The Balaban J connectivity index is 1.44. The SMILES string of the molecule is O=C(CNCC1CC1)NCCC1CCCCC1. The predicted molar refractivity (Wildman–Crippen MR) is 69.8 cm³/mol. The lowest BCUT2D eigenvalue weighted by atomic mass is 9.87. The highest BCUT2D eigenvalue weighted by Gasteiger charge is 2.20. The summed E-state index contributed by atoms with van der Waals surface area (Å²) in [7, 11) is 0. The van der Waals surface area contributed by atoms with E-state index in [2.05, 4.69) is 10.6 Å². The molecule has 0 unspecified atom stereocenters. The summed E-state index contributed by atoms with van der Waals surface area (Å²) < 4.78 is 0. The maximum Gasteiger partial charge on any atom is 0.233 e. The number of carbonyl (C=O) groups is 1. The molecule has 2 aliphatic rings. The Labute approximate surface area is 105 Å². The molecular formula is C14H26N2O. The van der Waals surface area contributed by atoms with Crippen LogP contribution in [0.25, 0.3) is 0 Å². The first kappa shape index (κ1) is 12.9. The standard InChI is InChI=1S/C14H26N2O/c17-14(11-15-10-13-6-7-13)16-9-8-12-4-2-1-3-5-12/h12-13,15H,1-11H2,(H,16,17). The average molecular weight is 238 g/mol. The van der Waals surface area contributed by atoms with Crippen LogP contribution in [0.15, 0.2) is 0 Å². The lowest BCUT2D eigenvalue weighted by Gasteiger charge is -2.21. The van der Waals surface area contributed by atoms with E-state index in [1.807, 2.05) is 0 Å². The molecule has 0 radical (unpaired) electrons. The van der Waals surface area contributed by atoms with E-state index in [9.17, 15) is 4.79 Å². The van der Waals surface area contributed by atoms with Gasteiger partial charge in [-0.1, -0.05) is 32.1 Å². The van der Waals surface area contributed by atoms with Crippen molar-refractivity contribution >= 4 is 5.91 Å². The summed E-state index contributed by atoms with van der Waals surface area (Å²) in [5.74, 6) is 1.88. The third-order valence-electron chi connectivity index (χ3n) is 4.01. The number of amides is 1. The molecular weight excluding hydrogens is 212 g/mol. The second-order valence-corrected chi connectivity index (χ2v) is 5.72. The summed E-state index contributed by atoms with van der Waals surface area (Å²) in [6.45, 7) is 2.39. The van der Waals surface area contributed by atoms with Gasteiger partial charge in [-0.25, -0.2) is 0 Å². The van der Waals surface area contributed by atoms with Gasteiger partial charge in [0.2, 0.25) is 5.91 Å². The van der Waals surface area contributed by atoms with Gasteiger partial charge >= 0.3 is 0 Å². The second-order valence-electron chi connectivity index (χ2n) is 5.72. The van der Waals surface area contributed by atoms with Gasteiger partial charge < -0.3 is 10.6 Å². The highest BCUT2D eigenvalue weighted by molar-refractivity contribution is 5.77. The molecule has 0 aromatic heterocycles. The van der Waals surface area contributed by atoms with Gasteiger partial charge in [-0.05, 0) is 37.6 Å². The quantitative estimate of drug-likeness (QED) is 0.713. The Morgan fingerprint density at radius 2 is 1.76 bits per heavy atom. The Morgan fingerprint density at radius 3 is 2.47 bits per heavy atom. The highest BCUT2D eigenvalue weighted by Crippen LogP contribution is 2.27. The van der Waals surface area contributed by atoms with E-state index < -0.39 is 0 Å². The van der Waals surface area contributed by atoms with Crippen molar-refractivity contribution in [2.75, 3.05) is 19.6 Å². The molecule has 17 heavy (non-hydrogen) atoms. The third-order valence-corrected chi connectivity index (χ3v) is 4.01. The minimum atomic E-state index is 0.168. The monoisotopic (exact) mass is 238 g/mol. The van der Waals surface area contributed by atoms with Crippen molar-refractivity contribution in [3.05, 3.63) is 0 Å². The molecule has 3 heteroatoms. The molecule has 2 saturated carbocycles. The first-order chi connectivity index (χ1) is 8.34. The fourth-order valence-electron chi connectivity index (χ4n) is 2.67. The summed E-state index contributed by atoms with van der Waals surface area (Å²) in [4.78, 5) is 11.5. The molecule has 2 N–H and O–H groups in total. The molecule has 2 rings (SSSR count). The molecule has 0 bridgehead atoms. The van der Waals surface area contributed by atoms with Crippen LogP contribution in [0.5, 0.6) is 0 Å². The number of carbonyl (C=O) groups excluding carboxylic acids is 1. The molecule has 1 amide bonds. The maximum atomic E-state index is 11.5. The number of nitrogens with one attached hydrogen (secondary N) is 2. The van der Waals surface area contributed by atoms with Gasteiger partial charge in [0.1, 0.15) is 0 Å². The fourth-order valence-corrected chi connectivity index (χ4v) is 2.67. The van der Waals surface area contributed by atoms with Crippen LogP contribution in [0, 0.1) is 11.8 Å². The van der Waals surface area contributed by atoms with E-state index in [4.69, 9.17) is 0 Å². The van der Waals surface area contributed by atoms with Crippen molar-refractivity contribution in [2.24, 2.45) is 11.8 Å². The van der Waals surface area contributed by atoms with E-state index >= 15 is 0 Å². The number of hydrogen-bond donors (Lipinski definition) is 2. The van der Waals surface area contributed by atoms with E-state index in [1.165, 1.54) is 51.4 Å². The van der Waals surface area contributed by atoms with Crippen LogP contribution in [0.1, 0.15) is 51.4 Å². The molecule has 2 fully saturated rings. The highest BCUT2D eigenvalue weighted by atomic mass is 16.1. The van der Waals surface area contributed by atoms with Crippen molar-refractivity contribution in [3.63, 3.8) is 0 Å². The molecule has 0 aromatic carbocycles. The van der Waals surface area contributed by atoms with Crippen molar-refractivity contribution in [1.82, 2.24) is 10.6 Å². The summed E-state index contributed by atoms with van der Waals surface area (Å²) in [5.41, 5.74) is 0. The molecule has 3 nitrogen and oxygen atoms in total. The van der Waals surface area contributed by atoms with Gasteiger partial charge in [0.25, 0.3) is 0 Å². The van der Waals surface area contributed by atoms with Crippen LogP contribution >= 0.6 is 0 Å². The molecule has 0 heterocycles. The maximum absolute atomic E-state index is 11.5. The zero-order chi connectivity index (χ0) is 11.9. The lowest BCUT2D eigenvalue weighted by Crippen LogP contribution is -2.35. The minimum Gasteiger partial charge on any atom is -0.355 e. The van der Waals surface area contributed by atoms with Gasteiger partial charge in [0.15, 0.2) is 0 Å². The van der Waals surface area contributed by atoms with Gasteiger partial charge in [-0.3, -0.25) is 4.79 Å². The zero-order valence-electron chi connectivity index (χ0n) is 10.8. The lowest BCUT2D eigenvalue weighted by molar-refractivity contribution is -0.120. The van der Waals surface area contributed by atoms with Gasteiger partial charge in [0.05, 0.1) is 6.54 Å². The van der Waals surface area contributed by atoms with Crippen molar-refractivity contribution in [2.45, 2.75) is 51.4 Å². The second kappa shape index (κ2) is 7.00. The Kier molecular flexibility index (Phi) is 5.30. The van der Waals surface area contributed by atoms with Crippen LogP contribution in [0.2, 0.25) is 0 Å². The number of rotatable bonds is 7.